The molecular weight excluding hydrogens is 258 g/mol. The van der Waals surface area contributed by atoms with Crippen LogP contribution in [-0.2, 0) is 9.53 Å². The van der Waals surface area contributed by atoms with Crippen molar-refractivity contribution in [3.8, 4) is 5.75 Å². The molecule has 1 amide bonds. The molecule has 1 aromatic carbocycles. The number of nitrogens with zero attached hydrogens (tertiary/aromatic N) is 1. The largest absolute Gasteiger partial charge is 0.507 e. The Morgan fingerprint density at radius 2 is 2.10 bits per heavy atom. The van der Waals surface area contributed by atoms with Gasteiger partial charge in [-0.3, -0.25) is 9.59 Å². The number of hydrogen-bond acceptors (Lipinski definition) is 4. The van der Waals surface area contributed by atoms with Crippen molar-refractivity contribution in [3.05, 3.63) is 29.3 Å². The quantitative estimate of drug-likeness (QED) is 0.834. The molecule has 1 aliphatic rings. The molecule has 0 aliphatic heterocycles. The minimum Gasteiger partial charge on any atom is -0.507 e. The van der Waals surface area contributed by atoms with Gasteiger partial charge in [0, 0.05) is 6.04 Å². The van der Waals surface area contributed by atoms with Crippen LogP contribution in [0.1, 0.15) is 35.7 Å². The van der Waals surface area contributed by atoms with Gasteiger partial charge in [0.1, 0.15) is 12.3 Å². The summed E-state index contributed by atoms with van der Waals surface area (Å²) in [5, 5.41) is 9.99. The lowest BCUT2D eigenvalue weighted by atomic mass is 10.1. The van der Waals surface area contributed by atoms with Gasteiger partial charge in [-0.1, -0.05) is 12.1 Å². The van der Waals surface area contributed by atoms with Gasteiger partial charge in [-0.05, 0) is 38.3 Å². The lowest BCUT2D eigenvalue weighted by Gasteiger charge is -2.22. The Morgan fingerprint density at radius 1 is 1.40 bits per heavy atom. The first kappa shape index (κ1) is 14.4. The summed E-state index contributed by atoms with van der Waals surface area (Å²) in [6.45, 7) is 3.69. The molecule has 5 heteroatoms. The highest BCUT2D eigenvalue weighted by Gasteiger charge is 2.35. The van der Waals surface area contributed by atoms with Crippen LogP contribution in [0.5, 0.6) is 5.75 Å². The Morgan fingerprint density at radius 3 is 2.70 bits per heavy atom. The first-order chi connectivity index (χ1) is 9.54. The van der Waals surface area contributed by atoms with Gasteiger partial charge in [0.05, 0.1) is 12.2 Å². The summed E-state index contributed by atoms with van der Waals surface area (Å²) in [5.41, 5.74) is 0.879. The summed E-state index contributed by atoms with van der Waals surface area (Å²) in [7, 11) is 0. The van der Waals surface area contributed by atoms with Gasteiger partial charge < -0.3 is 14.7 Å². The number of benzene rings is 1. The lowest BCUT2D eigenvalue weighted by molar-refractivity contribution is -0.144. The molecule has 0 heterocycles. The van der Waals surface area contributed by atoms with E-state index in [1.54, 1.807) is 32.0 Å². The Balaban J connectivity index is 2.19. The van der Waals surface area contributed by atoms with Crippen molar-refractivity contribution in [1.82, 2.24) is 4.90 Å². The summed E-state index contributed by atoms with van der Waals surface area (Å²) in [4.78, 5) is 25.6. The predicted molar refractivity (Wildman–Crippen MR) is 73.5 cm³/mol. The zero-order valence-electron chi connectivity index (χ0n) is 11.8. The van der Waals surface area contributed by atoms with E-state index in [2.05, 4.69) is 0 Å². The van der Waals surface area contributed by atoms with Crippen molar-refractivity contribution < 1.29 is 19.4 Å². The smallest absolute Gasteiger partial charge is 0.325 e. The number of ether oxygens (including phenoxy) is 1. The highest BCUT2D eigenvalue weighted by molar-refractivity contribution is 5.99. The Hall–Kier alpha value is -2.04. The van der Waals surface area contributed by atoms with E-state index in [0.717, 1.165) is 12.8 Å². The second-order valence-corrected chi connectivity index (χ2v) is 4.94. The number of hydrogen-bond donors (Lipinski definition) is 1. The standard InChI is InChI=1S/C15H19NO4/c1-3-20-13(17)9-16(11-7-8-11)15(19)12-6-4-5-10(2)14(12)18/h4-6,11,18H,3,7-9H2,1-2H3. The molecule has 2 rings (SSSR count). The fraction of sp³-hybridized carbons (Fsp3) is 0.467. The second-order valence-electron chi connectivity index (χ2n) is 4.94. The maximum Gasteiger partial charge on any atom is 0.325 e. The maximum atomic E-state index is 12.5. The van der Waals surface area contributed by atoms with Crippen LogP contribution in [0.3, 0.4) is 0 Å². The molecule has 1 saturated carbocycles. The highest BCUT2D eigenvalue weighted by atomic mass is 16.5. The van der Waals surface area contributed by atoms with Crippen molar-refractivity contribution in [2.75, 3.05) is 13.2 Å². The van der Waals surface area contributed by atoms with Crippen molar-refractivity contribution >= 4 is 11.9 Å². The molecule has 1 aliphatic carbocycles. The number of phenolic OH excluding ortho intramolecular Hbond substituents is 1. The molecule has 5 nitrogen and oxygen atoms in total. The number of aromatic hydroxyl groups is 1. The van der Waals surface area contributed by atoms with Gasteiger partial charge in [-0.2, -0.15) is 0 Å². The van der Waals surface area contributed by atoms with Crippen molar-refractivity contribution in [2.24, 2.45) is 0 Å². The SMILES string of the molecule is CCOC(=O)CN(C(=O)c1cccc(C)c1O)C1CC1. The van der Waals surface area contributed by atoms with Gasteiger partial charge in [0.25, 0.3) is 5.91 Å². The summed E-state index contributed by atoms with van der Waals surface area (Å²) in [6, 6.07) is 5.11. The molecule has 1 fully saturated rings. The van der Waals surface area contributed by atoms with Gasteiger partial charge in [-0.15, -0.1) is 0 Å². The normalized spacial score (nSPS) is 13.9. The fourth-order valence-corrected chi connectivity index (χ4v) is 2.08. The monoisotopic (exact) mass is 277 g/mol. The number of carbonyl (C=O) groups excluding carboxylic acids is 2. The van der Waals surface area contributed by atoms with E-state index in [4.69, 9.17) is 4.74 Å². The highest BCUT2D eigenvalue weighted by Crippen LogP contribution is 2.30. The first-order valence-corrected chi connectivity index (χ1v) is 6.79. The van der Waals surface area contributed by atoms with E-state index >= 15 is 0 Å². The second kappa shape index (κ2) is 5.94. The van der Waals surface area contributed by atoms with E-state index in [9.17, 15) is 14.7 Å². The van der Waals surface area contributed by atoms with Gasteiger partial charge in [0.2, 0.25) is 0 Å². The van der Waals surface area contributed by atoms with Crippen molar-refractivity contribution in [3.63, 3.8) is 0 Å². The van der Waals surface area contributed by atoms with Crippen LogP contribution in [-0.4, -0.2) is 41.1 Å². The van der Waals surface area contributed by atoms with Gasteiger partial charge >= 0.3 is 5.97 Å². The summed E-state index contributed by atoms with van der Waals surface area (Å²) in [5.74, 6) is -0.756. The predicted octanol–water partition coefficient (Wildman–Crippen LogP) is 1.87. The lowest BCUT2D eigenvalue weighted by Crippen LogP contribution is -2.38. The minimum absolute atomic E-state index is 0.0213. The van der Waals surface area contributed by atoms with Gasteiger partial charge in [-0.25, -0.2) is 0 Å². The van der Waals surface area contributed by atoms with Gasteiger partial charge in [0.15, 0.2) is 0 Å². The average molecular weight is 277 g/mol. The zero-order valence-corrected chi connectivity index (χ0v) is 11.8. The topological polar surface area (TPSA) is 66.8 Å². The minimum atomic E-state index is -0.417. The van der Waals surface area contributed by atoms with E-state index in [-0.39, 0.29) is 29.8 Å². The third-order valence-electron chi connectivity index (χ3n) is 3.32. The van der Waals surface area contributed by atoms with E-state index in [1.165, 1.54) is 4.90 Å². The van der Waals surface area contributed by atoms with Crippen LogP contribution in [0.4, 0.5) is 0 Å². The maximum absolute atomic E-state index is 12.5. The Bertz CT molecular complexity index is 523. The van der Waals surface area contributed by atoms with Crippen LogP contribution in [0.2, 0.25) is 0 Å². The van der Waals surface area contributed by atoms with Crippen LogP contribution in [0.15, 0.2) is 18.2 Å². The third kappa shape index (κ3) is 3.10. The first-order valence-electron chi connectivity index (χ1n) is 6.79. The molecule has 0 atom stereocenters. The molecule has 0 unspecified atom stereocenters. The molecule has 0 saturated heterocycles. The van der Waals surface area contributed by atoms with E-state index in [1.807, 2.05) is 0 Å². The Kier molecular flexibility index (Phi) is 4.27. The number of esters is 1. The van der Waals surface area contributed by atoms with Crippen molar-refractivity contribution in [1.29, 1.82) is 0 Å². The van der Waals surface area contributed by atoms with Crippen LogP contribution >= 0.6 is 0 Å². The number of para-hydroxylation sites is 1. The molecule has 1 N–H and O–H groups in total. The molecule has 20 heavy (non-hydrogen) atoms. The molecule has 0 radical (unpaired) electrons. The van der Waals surface area contributed by atoms with Crippen LogP contribution in [0.25, 0.3) is 0 Å². The number of phenols is 1. The van der Waals surface area contributed by atoms with Crippen LogP contribution in [0, 0.1) is 6.92 Å². The zero-order chi connectivity index (χ0) is 14.7. The molecule has 1 aromatic rings. The van der Waals surface area contributed by atoms with Crippen molar-refractivity contribution in [2.45, 2.75) is 32.7 Å². The molecule has 108 valence electrons. The Labute approximate surface area is 118 Å². The molecule has 0 aromatic heterocycles. The van der Waals surface area contributed by atoms with E-state index < -0.39 is 5.97 Å². The summed E-state index contributed by atoms with van der Waals surface area (Å²) < 4.78 is 4.89. The average Bonchev–Trinajstić information content (AvgIpc) is 3.23. The number of aryl methyl sites for hydroxylation is 1. The van der Waals surface area contributed by atoms with E-state index in [0.29, 0.717) is 12.2 Å². The summed E-state index contributed by atoms with van der Waals surface area (Å²) >= 11 is 0. The third-order valence-corrected chi connectivity index (χ3v) is 3.32. The number of rotatable bonds is 5. The van der Waals surface area contributed by atoms with Crippen LogP contribution < -0.4 is 0 Å². The molecule has 0 spiro atoms. The molecule has 0 bridgehead atoms. The summed E-state index contributed by atoms with van der Waals surface area (Å²) in [6.07, 6.45) is 1.77. The number of carbonyl (C=O) groups is 2. The number of amides is 1. The molecular formula is C15H19NO4. The fourth-order valence-electron chi connectivity index (χ4n) is 2.08.